The second-order valence-corrected chi connectivity index (χ2v) is 6.80. The SMILES string of the molecule is CNC(=O)c1ccc(NC(=O)COC(=O)[C@H](C)Sc2ccccc2)cc1. The molecule has 0 saturated heterocycles. The average Bonchev–Trinajstić information content (AvgIpc) is 2.66. The first-order chi connectivity index (χ1) is 12.5. The van der Waals surface area contributed by atoms with Crippen molar-refractivity contribution in [2.75, 3.05) is 19.0 Å². The molecular formula is C19H20N2O4S. The van der Waals surface area contributed by atoms with E-state index in [0.717, 1.165) is 4.90 Å². The molecule has 0 aliphatic heterocycles. The zero-order valence-electron chi connectivity index (χ0n) is 14.5. The Morgan fingerprint density at radius 1 is 1.04 bits per heavy atom. The van der Waals surface area contributed by atoms with Gasteiger partial charge in [0.2, 0.25) is 0 Å². The minimum absolute atomic E-state index is 0.207. The van der Waals surface area contributed by atoms with E-state index in [2.05, 4.69) is 10.6 Å². The molecule has 2 rings (SSSR count). The highest BCUT2D eigenvalue weighted by Gasteiger charge is 2.17. The predicted molar refractivity (Wildman–Crippen MR) is 101 cm³/mol. The molecule has 0 spiro atoms. The summed E-state index contributed by atoms with van der Waals surface area (Å²) < 4.78 is 5.05. The van der Waals surface area contributed by atoms with E-state index in [-0.39, 0.29) is 12.5 Å². The average molecular weight is 372 g/mol. The first-order valence-electron chi connectivity index (χ1n) is 8.00. The van der Waals surface area contributed by atoms with Gasteiger partial charge in [-0.1, -0.05) is 18.2 Å². The topological polar surface area (TPSA) is 84.5 Å². The summed E-state index contributed by atoms with van der Waals surface area (Å²) in [6.45, 7) is 1.37. The smallest absolute Gasteiger partial charge is 0.319 e. The summed E-state index contributed by atoms with van der Waals surface area (Å²) in [5, 5.41) is 4.71. The van der Waals surface area contributed by atoms with Crippen LogP contribution in [0.3, 0.4) is 0 Å². The summed E-state index contributed by atoms with van der Waals surface area (Å²) in [5.74, 6) is -1.10. The van der Waals surface area contributed by atoms with E-state index >= 15 is 0 Å². The Morgan fingerprint density at radius 3 is 2.31 bits per heavy atom. The Morgan fingerprint density at radius 2 is 1.69 bits per heavy atom. The van der Waals surface area contributed by atoms with Gasteiger partial charge in [-0.25, -0.2) is 0 Å². The van der Waals surface area contributed by atoms with Crippen LogP contribution in [-0.4, -0.2) is 36.7 Å². The molecule has 7 heteroatoms. The summed E-state index contributed by atoms with van der Waals surface area (Å²) in [6, 6.07) is 15.9. The monoisotopic (exact) mass is 372 g/mol. The normalized spacial score (nSPS) is 11.3. The van der Waals surface area contributed by atoms with Gasteiger partial charge >= 0.3 is 5.97 Å². The van der Waals surface area contributed by atoms with Gasteiger partial charge in [0.15, 0.2) is 6.61 Å². The van der Waals surface area contributed by atoms with Crippen LogP contribution in [0.25, 0.3) is 0 Å². The van der Waals surface area contributed by atoms with E-state index < -0.39 is 17.1 Å². The molecule has 0 unspecified atom stereocenters. The summed E-state index contributed by atoms with van der Waals surface area (Å²) in [5.41, 5.74) is 1.01. The number of anilines is 1. The third kappa shape index (κ3) is 5.93. The van der Waals surface area contributed by atoms with Crippen molar-refractivity contribution in [1.29, 1.82) is 0 Å². The van der Waals surface area contributed by atoms with E-state index in [9.17, 15) is 14.4 Å². The largest absolute Gasteiger partial charge is 0.455 e. The standard InChI is InChI=1S/C19H20N2O4S/c1-13(26-16-6-4-3-5-7-16)19(24)25-12-17(22)21-15-10-8-14(9-11-15)18(23)20-2/h3-11,13H,12H2,1-2H3,(H,20,23)(H,21,22)/t13-/m0/s1. The van der Waals surface area contributed by atoms with E-state index in [1.807, 2.05) is 30.3 Å². The van der Waals surface area contributed by atoms with Crippen LogP contribution in [0.1, 0.15) is 17.3 Å². The first kappa shape index (κ1) is 19.5. The number of carbonyl (C=O) groups is 3. The zero-order chi connectivity index (χ0) is 18.9. The van der Waals surface area contributed by atoms with Crippen LogP contribution in [0.2, 0.25) is 0 Å². The Balaban J connectivity index is 1.78. The van der Waals surface area contributed by atoms with E-state index in [1.54, 1.807) is 38.2 Å². The van der Waals surface area contributed by atoms with Crippen LogP contribution in [0, 0.1) is 0 Å². The number of carbonyl (C=O) groups excluding carboxylic acids is 3. The Bertz CT molecular complexity index is 763. The quantitative estimate of drug-likeness (QED) is 0.577. The molecule has 0 radical (unpaired) electrons. The number of hydrogen-bond donors (Lipinski definition) is 2. The fraction of sp³-hybridized carbons (Fsp3) is 0.211. The Hall–Kier alpha value is -2.80. The van der Waals surface area contributed by atoms with Crippen LogP contribution >= 0.6 is 11.8 Å². The highest BCUT2D eigenvalue weighted by atomic mass is 32.2. The number of thioether (sulfide) groups is 1. The molecule has 6 nitrogen and oxygen atoms in total. The van der Waals surface area contributed by atoms with Gasteiger partial charge in [0.1, 0.15) is 5.25 Å². The molecular weight excluding hydrogens is 352 g/mol. The van der Waals surface area contributed by atoms with E-state index in [0.29, 0.717) is 11.3 Å². The van der Waals surface area contributed by atoms with Crippen LogP contribution in [0.15, 0.2) is 59.5 Å². The molecule has 2 N–H and O–H groups in total. The van der Waals surface area contributed by atoms with Gasteiger partial charge in [-0.15, -0.1) is 11.8 Å². The molecule has 0 aliphatic carbocycles. The maximum absolute atomic E-state index is 12.0. The number of esters is 1. The van der Waals surface area contributed by atoms with Crippen molar-refractivity contribution in [2.24, 2.45) is 0 Å². The maximum atomic E-state index is 12.0. The molecule has 0 heterocycles. The van der Waals surface area contributed by atoms with E-state index in [1.165, 1.54) is 11.8 Å². The summed E-state index contributed by atoms with van der Waals surface area (Å²) in [4.78, 5) is 36.3. The predicted octanol–water partition coefficient (Wildman–Crippen LogP) is 2.71. The van der Waals surface area contributed by atoms with Gasteiger partial charge in [0.05, 0.1) is 0 Å². The van der Waals surface area contributed by atoms with Crippen molar-refractivity contribution in [3.05, 3.63) is 60.2 Å². The lowest BCUT2D eigenvalue weighted by Crippen LogP contribution is -2.24. The lowest BCUT2D eigenvalue weighted by atomic mass is 10.2. The van der Waals surface area contributed by atoms with Crippen LogP contribution in [-0.2, 0) is 14.3 Å². The van der Waals surface area contributed by atoms with Crippen molar-refractivity contribution in [3.8, 4) is 0 Å². The highest BCUT2D eigenvalue weighted by Crippen LogP contribution is 2.23. The molecule has 2 aromatic rings. The second kappa shape index (κ2) is 9.62. The van der Waals surface area contributed by atoms with Crippen molar-refractivity contribution in [2.45, 2.75) is 17.1 Å². The molecule has 26 heavy (non-hydrogen) atoms. The van der Waals surface area contributed by atoms with Gasteiger partial charge in [-0.3, -0.25) is 14.4 Å². The third-order valence-electron chi connectivity index (χ3n) is 3.39. The molecule has 2 amide bonds. The summed E-state index contributed by atoms with van der Waals surface area (Å²) in [7, 11) is 1.55. The lowest BCUT2D eigenvalue weighted by molar-refractivity contribution is -0.146. The van der Waals surface area contributed by atoms with Gasteiger partial charge in [0, 0.05) is 23.2 Å². The molecule has 1 atom stereocenters. The van der Waals surface area contributed by atoms with Gasteiger partial charge in [-0.2, -0.15) is 0 Å². The van der Waals surface area contributed by atoms with Crippen LogP contribution < -0.4 is 10.6 Å². The number of hydrogen-bond acceptors (Lipinski definition) is 5. The molecule has 0 aliphatic rings. The summed E-state index contributed by atoms with van der Waals surface area (Å²) >= 11 is 1.37. The molecule has 0 saturated carbocycles. The molecule has 2 aromatic carbocycles. The first-order valence-corrected chi connectivity index (χ1v) is 8.88. The second-order valence-electron chi connectivity index (χ2n) is 5.39. The Labute approximate surface area is 156 Å². The van der Waals surface area contributed by atoms with Crippen molar-refractivity contribution in [3.63, 3.8) is 0 Å². The van der Waals surface area contributed by atoms with Gasteiger partial charge in [0.25, 0.3) is 11.8 Å². The minimum Gasteiger partial charge on any atom is -0.455 e. The van der Waals surface area contributed by atoms with Crippen LogP contribution in [0.5, 0.6) is 0 Å². The number of nitrogens with one attached hydrogen (secondary N) is 2. The number of rotatable bonds is 7. The fourth-order valence-electron chi connectivity index (χ4n) is 2.05. The zero-order valence-corrected chi connectivity index (χ0v) is 15.3. The minimum atomic E-state index is -0.455. The van der Waals surface area contributed by atoms with E-state index in [4.69, 9.17) is 4.74 Å². The van der Waals surface area contributed by atoms with Gasteiger partial charge < -0.3 is 15.4 Å². The van der Waals surface area contributed by atoms with Crippen molar-refractivity contribution in [1.82, 2.24) is 5.32 Å². The maximum Gasteiger partial charge on any atom is 0.319 e. The highest BCUT2D eigenvalue weighted by molar-refractivity contribution is 8.00. The molecule has 0 bridgehead atoms. The third-order valence-corrected chi connectivity index (χ3v) is 4.48. The van der Waals surface area contributed by atoms with Crippen molar-refractivity contribution < 1.29 is 19.1 Å². The Kier molecular flexibility index (Phi) is 7.23. The number of amides is 2. The molecule has 136 valence electrons. The fourth-order valence-corrected chi connectivity index (χ4v) is 2.94. The van der Waals surface area contributed by atoms with Crippen LogP contribution in [0.4, 0.5) is 5.69 Å². The lowest BCUT2D eigenvalue weighted by Gasteiger charge is -2.11. The number of ether oxygens (including phenoxy) is 1. The van der Waals surface area contributed by atoms with Crippen molar-refractivity contribution >= 4 is 35.2 Å². The van der Waals surface area contributed by atoms with Gasteiger partial charge in [-0.05, 0) is 43.3 Å². The molecule has 0 fully saturated rings. The number of benzene rings is 2. The molecule has 0 aromatic heterocycles. The summed E-state index contributed by atoms with van der Waals surface area (Å²) in [6.07, 6.45) is 0.